The molecule has 2 aromatic rings. The summed E-state index contributed by atoms with van der Waals surface area (Å²) < 4.78 is 19.6. The molecule has 0 spiro atoms. The molecule has 1 amide bonds. The molecule has 1 saturated heterocycles. The maximum Gasteiger partial charge on any atom is 0.254 e. The van der Waals surface area contributed by atoms with E-state index in [9.17, 15) is 9.18 Å². The fourth-order valence-electron chi connectivity index (χ4n) is 3.37. The predicted octanol–water partition coefficient (Wildman–Crippen LogP) is 3.25. The number of hydrogen-bond donors (Lipinski definition) is 1. The minimum Gasteiger partial charge on any atom is -0.473 e. The molecule has 9 heteroatoms. The number of aromatic nitrogens is 1. The third kappa shape index (κ3) is 7.18. The highest BCUT2D eigenvalue weighted by Crippen LogP contribution is 2.28. The van der Waals surface area contributed by atoms with E-state index in [4.69, 9.17) is 16.3 Å². The van der Waals surface area contributed by atoms with Crippen LogP contribution in [0.2, 0.25) is 5.02 Å². The Kier molecular flexibility index (Phi) is 8.20. The van der Waals surface area contributed by atoms with Crippen molar-refractivity contribution in [2.75, 3.05) is 33.7 Å². The molecular weight excluding hydrogens is 421 g/mol. The molecular formula is C22H27ClFN5O2. The number of carbonyl (C=O) groups excluding carboxylic acids is 1. The zero-order valence-corrected chi connectivity index (χ0v) is 18.5. The number of pyridine rings is 1. The second-order valence-corrected chi connectivity index (χ2v) is 8.16. The van der Waals surface area contributed by atoms with E-state index in [2.05, 4.69) is 20.4 Å². The molecule has 31 heavy (non-hydrogen) atoms. The van der Waals surface area contributed by atoms with Gasteiger partial charge in [0.1, 0.15) is 18.8 Å². The zero-order chi connectivity index (χ0) is 22.2. The van der Waals surface area contributed by atoms with Crippen LogP contribution in [-0.2, 0) is 11.4 Å². The molecule has 0 bridgehead atoms. The number of benzene rings is 1. The van der Waals surface area contributed by atoms with Crippen molar-refractivity contribution in [3.05, 3.63) is 58.5 Å². The fraction of sp³-hybridized carbons (Fsp3) is 0.409. The summed E-state index contributed by atoms with van der Waals surface area (Å²) in [5, 5.41) is 4.23. The molecule has 1 aliphatic heterocycles. The Balaban J connectivity index is 1.49. The zero-order valence-electron chi connectivity index (χ0n) is 17.7. The van der Waals surface area contributed by atoms with Crippen molar-refractivity contribution >= 4 is 23.8 Å². The first kappa shape index (κ1) is 23.0. The van der Waals surface area contributed by atoms with Gasteiger partial charge in [-0.3, -0.25) is 9.69 Å². The first-order valence-corrected chi connectivity index (χ1v) is 10.5. The van der Waals surface area contributed by atoms with Gasteiger partial charge in [0.15, 0.2) is 0 Å². The first-order valence-electron chi connectivity index (χ1n) is 10.1. The molecule has 1 fully saturated rings. The number of hydrazone groups is 1. The van der Waals surface area contributed by atoms with E-state index in [1.807, 2.05) is 26.2 Å². The number of ether oxygens (including phenoxy) is 1. The van der Waals surface area contributed by atoms with Crippen LogP contribution in [0.1, 0.15) is 30.0 Å². The van der Waals surface area contributed by atoms with Gasteiger partial charge in [0, 0.05) is 42.4 Å². The van der Waals surface area contributed by atoms with E-state index in [0.29, 0.717) is 28.9 Å². The largest absolute Gasteiger partial charge is 0.473 e. The van der Waals surface area contributed by atoms with E-state index < -0.39 is 5.82 Å². The summed E-state index contributed by atoms with van der Waals surface area (Å²) in [6, 6.07) is 10.2. The van der Waals surface area contributed by atoms with Crippen LogP contribution >= 0.6 is 11.6 Å². The summed E-state index contributed by atoms with van der Waals surface area (Å²) in [5.74, 6) is 0.237. The molecule has 1 N–H and O–H groups in total. The molecule has 1 aromatic carbocycles. The third-order valence-corrected chi connectivity index (χ3v) is 5.22. The summed E-state index contributed by atoms with van der Waals surface area (Å²) >= 11 is 5.79. The second kappa shape index (κ2) is 11.1. The van der Waals surface area contributed by atoms with E-state index in [0.717, 1.165) is 31.6 Å². The molecule has 0 radical (unpaired) electrons. The number of carbonyl (C=O) groups is 1. The topological polar surface area (TPSA) is 70.1 Å². The van der Waals surface area contributed by atoms with Gasteiger partial charge in [-0.25, -0.2) is 14.8 Å². The average molecular weight is 448 g/mol. The van der Waals surface area contributed by atoms with Gasteiger partial charge in [-0.05, 0) is 44.1 Å². The normalized spacial score (nSPS) is 15.2. The monoisotopic (exact) mass is 447 g/mol. The van der Waals surface area contributed by atoms with Gasteiger partial charge in [-0.2, -0.15) is 5.10 Å². The van der Waals surface area contributed by atoms with Crippen LogP contribution < -0.4 is 10.2 Å². The van der Waals surface area contributed by atoms with Crippen LogP contribution in [-0.4, -0.2) is 60.8 Å². The fourth-order valence-corrected chi connectivity index (χ4v) is 3.53. The van der Waals surface area contributed by atoms with Gasteiger partial charge < -0.3 is 9.64 Å². The summed E-state index contributed by atoms with van der Waals surface area (Å²) in [4.78, 5) is 20.4. The van der Waals surface area contributed by atoms with Crippen molar-refractivity contribution in [3.8, 4) is 5.88 Å². The standard InChI is InChI=1S/C22H27ClFN5O2/c1-28(2)15-25-27-21(30)13-29-10-8-16(9-11-29)20-4-3-5-22(26-20)31-14-17-6-7-18(23)12-19(17)24/h3-7,12,15-16H,8-11,13-14H2,1-2H3,(H,27,30). The van der Waals surface area contributed by atoms with Crippen molar-refractivity contribution in [1.82, 2.24) is 20.2 Å². The van der Waals surface area contributed by atoms with E-state index in [-0.39, 0.29) is 12.5 Å². The predicted molar refractivity (Wildman–Crippen MR) is 119 cm³/mol. The lowest BCUT2D eigenvalue weighted by Gasteiger charge is -2.31. The highest BCUT2D eigenvalue weighted by Gasteiger charge is 2.23. The summed E-state index contributed by atoms with van der Waals surface area (Å²) in [6.45, 7) is 2.01. The number of likely N-dealkylation sites (tertiary alicyclic amines) is 1. The minimum absolute atomic E-state index is 0.0866. The van der Waals surface area contributed by atoms with Gasteiger partial charge >= 0.3 is 0 Å². The number of piperidine rings is 1. The number of nitrogens with zero attached hydrogens (tertiary/aromatic N) is 4. The third-order valence-electron chi connectivity index (χ3n) is 4.99. The maximum absolute atomic E-state index is 13.9. The molecule has 3 rings (SSSR count). The number of rotatable bonds is 8. The Hall–Kier alpha value is -2.71. The molecule has 7 nitrogen and oxygen atoms in total. The van der Waals surface area contributed by atoms with E-state index in [1.165, 1.54) is 6.07 Å². The van der Waals surface area contributed by atoms with Crippen molar-refractivity contribution in [3.63, 3.8) is 0 Å². The first-order chi connectivity index (χ1) is 14.9. The molecule has 1 aliphatic rings. The molecule has 0 aliphatic carbocycles. The Bertz CT molecular complexity index is 917. The van der Waals surface area contributed by atoms with Crippen LogP contribution in [0.25, 0.3) is 0 Å². The van der Waals surface area contributed by atoms with Crippen LogP contribution in [0.3, 0.4) is 0 Å². The van der Waals surface area contributed by atoms with Crippen LogP contribution in [0.4, 0.5) is 4.39 Å². The number of amides is 1. The molecule has 0 atom stereocenters. The van der Waals surface area contributed by atoms with Crippen LogP contribution in [0.15, 0.2) is 41.5 Å². The molecule has 166 valence electrons. The number of hydrogen-bond acceptors (Lipinski definition) is 5. The Labute approximate surface area is 186 Å². The number of nitrogens with one attached hydrogen (secondary N) is 1. The molecule has 2 heterocycles. The maximum atomic E-state index is 13.9. The second-order valence-electron chi connectivity index (χ2n) is 7.72. The lowest BCUT2D eigenvalue weighted by molar-refractivity contribution is -0.122. The highest BCUT2D eigenvalue weighted by molar-refractivity contribution is 6.30. The molecule has 1 aromatic heterocycles. The Morgan fingerprint density at radius 3 is 2.84 bits per heavy atom. The molecule has 0 saturated carbocycles. The van der Waals surface area contributed by atoms with Gasteiger partial charge in [-0.1, -0.05) is 23.7 Å². The van der Waals surface area contributed by atoms with Crippen molar-refractivity contribution in [2.45, 2.75) is 25.4 Å². The highest BCUT2D eigenvalue weighted by atomic mass is 35.5. The lowest BCUT2D eigenvalue weighted by Crippen LogP contribution is -2.40. The summed E-state index contributed by atoms with van der Waals surface area (Å²) in [5.41, 5.74) is 3.91. The van der Waals surface area contributed by atoms with Crippen LogP contribution in [0.5, 0.6) is 5.88 Å². The van der Waals surface area contributed by atoms with Crippen LogP contribution in [0, 0.1) is 5.82 Å². The van der Waals surface area contributed by atoms with Gasteiger partial charge in [0.2, 0.25) is 5.88 Å². The lowest BCUT2D eigenvalue weighted by atomic mass is 9.93. The van der Waals surface area contributed by atoms with Gasteiger partial charge in [-0.15, -0.1) is 0 Å². The van der Waals surface area contributed by atoms with Gasteiger partial charge in [0.05, 0.1) is 6.54 Å². The minimum atomic E-state index is -0.396. The summed E-state index contributed by atoms with van der Waals surface area (Å²) in [6.07, 6.45) is 3.35. The van der Waals surface area contributed by atoms with Crippen molar-refractivity contribution in [2.24, 2.45) is 5.10 Å². The quantitative estimate of drug-likeness (QED) is 0.382. The van der Waals surface area contributed by atoms with E-state index in [1.54, 1.807) is 29.4 Å². The van der Waals surface area contributed by atoms with Crippen molar-refractivity contribution in [1.29, 1.82) is 0 Å². The number of halogens is 2. The molecule has 0 unspecified atom stereocenters. The Morgan fingerprint density at radius 2 is 2.13 bits per heavy atom. The average Bonchev–Trinajstić information content (AvgIpc) is 2.73. The van der Waals surface area contributed by atoms with E-state index >= 15 is 0 Å². The van der Waals surface area contributed by atoms with Gasteiger partial charge in [0.25, 0.3) is 5.91 Å². The Morgan fingerprint density at radius 1 is 1.35 bits per heavy atom. The van der Waals surface area contributed by atoms with Crippen molar-refractivity contribution < 1.29 is 13.9 Å². The SMILES string of the molecule is CN(C)C=NNC(=O)CN1CCC(c2cccc(OCc3ccc(Cl)cc3F)n2)CC1. The smallest absolute Gasteiger partial charge is 0.254 e. The summed E-state index contributed by atoms with van der Waals surface area (Å²) in [7, 11) is 3.68.